The van der Waals surface area contributed by atoms with E-state index in [0.29, 0.717) is 18.5 Å². The van der Waals surface area contributed by atoms with E-state index in [-0.39, 0.29) is 0 Å². The van der Waals surface area contributed by atoms with Crippen LogP contribution >= 0.6 is 0 Å². The largest absolute Gasteiger partial charge is 0.490 e. The van der Waals surface area contributed by atoms with Gasteiger partial charge < -0.3 is 20.5 Å². The fourth-order valence-electron chi connectivity index (χ4n) is 3.28. The third-order valence-corrected chi connectivity index (χ3v) is 4.58. The van der Waals surface area contributed by atoms with Gasteiger partial charge in [-0.1, -0.05) is 6.07 Å². The number of nitrogens with two attached hydrogens (primary N) is 1. The van der Waals surface area contributed by atoms with Gasteiger partial charge in [0.25, 0.3) is 0 Å². The number of nitrogens with zero attached hydrogens (tertiary/aromatic N) is 3. The van der Waals surface area contributed by atoms with Gasteiger partial charge in [0.1, 0.15) is 17.9 Å². The molecule has 3 rings (SSSR count). The van der Waals surface area contributed by atoms with Gasteiger partial charge in [-0.05, 0) is 56.9 Å². The van der Waals surface area contributed by atoms with Gasteiger partial charge in [-0.2, -0.15) is 13.2 Å². The molecular formula is C20H25F3N4O3. The predicted octanol–water partition coefficient (Wildman–Crippen LogP) is 3.75. The van der Waals surface area contributed by atoms with Crippen molar-refractivity contribution in [2.75, 3.05) is 18.0 Å². The van der Waals surface area contributed by atoms with E-state index < -0.39 is 12.1 Å². The van der Waals surface area contributed by atoms with E-state index >= 15 is 0 Å². The highest BCUT2D eigenvalue weighted by atomic mass is 19.4. The number of aromatic nitrogens is 2. The monoisotopic (exact) mass is 426 g/mol. The molecule has 1 aliphatic rings. The highest BCUT2D eigenvalue weighted by Gasteiger charge is 2.38. The van der Waals surface area contributed by atoms with Gasteiger partial charge >= 0.3 is 12.1 Å². The summed E-state index contributed by atoms with van der Waals surface area (Å²) in [7, 11) is 0. The van der Waals surface area contributed by atoms with Gasteiger partial charge in [-0.25, -0.2) is 14.8 Å². The van der Waals surface area contributed by atoms with Crippen molar-refractivity contribution in [1.29, 1.82) is 0 Å². The molecule has 1 aliphatic heterocycles. The van der Waals surface area contributed by atoms with Crippen molar-refractivity contribution in [3.05, 3.63) is 41.2 Å². The van der Waals surface area contributed by atoms with E-state index in [1.165, 1.54) is 11.1 Å². The predicted molar refractivity (Wildman–Crippen MR) is 106 cm³/mol. The average molecular weight is 426 g/mol. The van der Waals surface area contributed by atoms with Crippen molar-refractivity contribution in [2.45, 2.75) is 45.8 Å². The topological polar surface area (TPSA) is 102 Å². The summed E-state index contributed by atoms with van der Waals surface area (Å²) in [6.45, 7) is 7.78. The van der Waals surface area contributed by atoms with Crippen LogP contribution in [0.4, 0.5) is 19.0 Å². The number of aryl methyl sites for hydroxylation is 2. The van der Waals surface area contributed by atoms with Crippen LogP contribution in [0.5, 0.6) is 11.6 Å². The summed E-state index contributed by atoms with van der Waals surface area (Å²) in [6, 6.07) is 6.53. The highest BCUT2D eigenvalue weighted by molar-refractivity contribution is 5.73. The summed E-state index contributed by atoms with van der Waals surface area (Å²) in [5, 5.41) is 7.12. The van der Waals surface area contributed by atoms with Crippen LogP contribution in [-0.4, -0.2) is 46.4 Å². The first kappa shape index (κ1) is 23.4. The van der Waals surface area contributed by atoms with Gasteiger partial charge in [0.15, 0.2) is 0 Å². The third-order valence-electron chi connectivity index (χ3n) is 4.58. The average Bonchev–Trinajstić information content (AvgIpc) is 3.11. The number of alkyl halides is 3. The first-order valence-corrected chi connectivity index (χ1v) is 9.37. The van der Waals surface area contributed by atoms with Gasteiger partial charge in [-0.15, -0.1) is 0 Å². The number of carboxylic acids is 1. The number of hydrogen-bond donors (Lipinski definition) is 2. The molecule has 1 aromatic carbocycles. The highest BCUT2D eigenvalue weighted by Crippen LogP contribution is 2.32. The van der Waals surface area contributed by atoms with Crippen LogP contribution in [0.2, 0.25) is 0 Å². The summed E-state index contributed by atoms with van der Waals surface area (Å²) in [5.41, 5.74) is 9.21. The van der Waals surface area contributed by atoms with E-state index in [0.717, 1.165) is 36.5 Å². The molecule has 1 fully saturated rings. The minimum absolute atomic E-state index is 0.359. The SMILES string of the molecule is Cc1cc(C)cc(Oc2ncnc(N3CCCC3CN)c2C)c1.O=C(O)C(F)(F)F. The summed E-state index contributed by atoms with van der Waals surface area (Å²) >= 11 is 0. The molecule has 3 N–H and O–H groups in total. The number of benzene rings is 1. The Bertz CT molecular complexity index is 870. The lowest BCUT2D eigenvalue weighted by Gasteiger charge is -2.26. The van der Waals surface area contributed by atoms with E-state index in [9.17, 15) is 13.2 Å². The van der Waals surface area contributed by atoms with Crippen LogP contribution in [0, 0.1) is 20.8 Å². The zero-order chi connectivity index (χ0) is 22.5. The maximum atomic E-state index is 10.6. The summed E-state index contributed by atoms with van der Waals surface area (Å²) < 4.78 is 37.8. The van der Waals surface area contributed by atoms with Crippen LogP contribution in [0.3, 0.4) is 0 Å². The summed E-state index contributed by atoms with van der Waals surface area (Å²) in [4.78, 5) is 20.0. The normalized spacial score (nSPS) is 16.1. The fourth-order valence-corrected chi connectivity index (χ4v) is 3.28. The summed E-state index contributed by atoms with van der Waals surface area (Å²) in [6.07, 6.45) is -1.24. The van der Waals surface area contributed by atoms with E-state index in [1.54, 1.807) is 6.33 Å². The lowest BCUT2D eigenvalue weighted by atomic mass is 10.1. The molecule has 164 valence electrons. The fraction of sp³-hybridized carbons (Fsp3) is 0.450. The molecule has 0 amide bonds. The second kappa shape index (κ2) is 9.75. The standard InChI is InChI=1S/C18H24N4O.C2HF3O2/c1-12-7-13(2)9-16(8-12)23-18-14(3)17(20-11-21-18)22-6-4-5-15(22)10-19;3-2(4,5)1(6)7/h7-9,11,15H,4-6,10,19H2,1-3H3;(H,6,7). The van der Waals surface area contributed by atoms with E-state index in [1.807, 2.05) is 19.1 Å². The number of halogens is 3. The Labute approximate surface area is 172 Å². The zero-order valence-electron chi connectivity index (χ0n) is 17.0. The van der Waals surface area contributed by atoms with Crippen molar-refractivity contribution < 1.29 is 27.8 Å². The van der Waals surface area contributed by atoms with Crippen LogP contribution in [0.1, 0.15) is 29.5 Å². The molecule has 0 saturated carbocycles. The first-order valence-electron chi connectivity index (χ1n) is 9.37. The number of ether oxygens (including phenoxy) is 1. The third kappa shape index (κ3) is 6.06. The van der Waals surface area contributed by atoms with E-state index in [4.69, 9.17) is 20.4 Å². The molecule has 30 heavy (non-hydrogen) atoms. The van der Waals surface area contributed by atoms with Crippen LogP contribution in [0.25, 0.3) is 0 Å². The Balaban J connectivity index is 0.000000396. The van der Waals surface area contributed by atoms with E-state index in [2.05, 4.69) is 34.8 Å². The van der Waals surface area contributed by atoms with Crippen molar-refractivity contribution >= 4 is 11.8 Å². The van der Waals surface area contributed by atoms with Gasteiger partial charge in [0.2, 0.25) is 5.88 Å². The number of hydrogen-bond acceptors (Lipinski definition) is 6. The van der Waals surface area contributed by atoms with Crippen molar-refractivity contribution in [1.82, 2.24) is 9.97 Å². The van der Waals surface area contributed by atoms with Gasteiger partial charge in [0, 0.05) is 19.1 Å². The Hall–Kier alpha value is -2.88. The zero-order valence-corrected chi connectivity index (χ0v) is 17.0. The lowest BCUT2D eigenvalue weighted by Crippen LogP contribution is -2.36. The first-order chi connectivity index (χ1) is 14.0. The molecule has 0 radical (unpaired) electrons. The number of aliphatic carboxylic acids is 1. The van der Waals surface area contributed by atoms with Crippen LogP contribution < -0.4 is 15.4 Å². The second-order valence-corrected chi connectivity index (χ2v) is 7.08. The molecule has 2 aromatic rings. The molecule has 1 saturated heterocycles. The molecular weight excluding hydrogens is 401 g/mol. The Kier molecular flexibility index (Phi) is 7.60. The lowest BCUT2D eigenvalue weighted by molar-refractivity contribution is -0.192. The number of carbonyl (C=O) groups is 1. The van der Waals surface area contributed by atoms with Crippen molar-refractivity contribution in [3.8, 4) is 11.6 Å². The van der Waals surface area contributed by atoms with Crippen LogP contribution in [-0.2, 0) is 4.79 Å². The molecule has 1 aromatic heterocycles. The Morgan fingerprint density at radius 3 is 2.37 bits per heavy atom. The number of anilines is 1. The summed E-state index contributed by atoms with van der Waals surface area (Å²) in [5.74, 6) is -0.394. The molecule has 1 unspecified atom stereocenters. The molecule has 7 nitrogen and oxygen atoms in total. The minimum Gasteiger partial charge on any atom is -0.475 e. The van der Waals surface area contributed by atoms with Crippen molar-refractivity contribution in [2.24, 2.45) is 5.73 Å². The Morgan fingerprint density at radius 1 is 1.23 bits per heavy atom. The maximum absolute atomic E-state index is 10.6. The van der Waals surface area contributed by atoms with Crippen LogP contribution in [0.15, 0.2) is 24.5 Å². The Morgan fingerprint density at radius 2 is 1.83 bits per heavy atom. The maximum Gasteiger partial charge on any atom is 0.490 e. The minimum atomic E-state index is -5.08. The molecule has 0 aliphatic carbocycles. The molecule has 10 heteroatoms. The molecule has 0 spiro atoms. The van der Waals surface area contributed by atoms with Gasteiger partial charge in [0.05, 0.1) is 5.56 Å². The number of rotatable bonds is 4. The van der Waals surface area contributed by atoms with Gasteiger partial charge in [-0.3, -0.25) is 0 Å². The smallest absolute Gasteiger partial charge is 0.475 e. The van der Waals surface area contributed by atoms with Crippen molar-refractivity contribution in [3.63, 3.8) is 0 Å². The molecule has 1 atom stereocenters. The number of carboxylic acid groups (broad SMARTS) is 1. The molecule has 0 bridgehead atoms. The quantitative estimate of drug-likeness (QED) is 0.768. The second-order valence-electron chi connectivity index (χ2n) is 7.08. The molecule has 2 heterocycles.